The normalized spacial score (nSPS) is 25.6. The van der Waals surface area contributed by atoms with E-state index in [1.54, 1.807) is 6.07 Å². The van der Waals surface area contributed by atoms with Gasteiger partial charge in [-0.15, -0.1) is 0 Å². The van der Waals surface area contributed by atoms with E-state index in [4.69, 9.17) is 11.6 Å². The lowest BCUT2D eigenvalue weighted by Crippen LogP contribution is -2.41. The van der Waals surface area contributed by atoms with Gasteiger partial charge in [-0.25, -0.2) is 0 Å². The standard InChI is InChI=1S/C16H22ClN3O/c1-11-7-13(17)4-5-14(11)19-16(21)10-20-8-12-3-2-6-18-15(12)9-20/h4-5,7,12,15,18H,2-3,6,8-10H2,1H3,(H,19,21). The van der Waals surface area contributed by atoms with E-state index >= 15 is 0 Å². The number of hydrogen-bond acceptors (Lipinski definition) is 3. The van der Waals surface area contributed by atoms with Gasteiger partial charge < -0.3 is 10.6 Å². The third-order valence-electron chi connectivity index (χ3n) is 4.50. The second-order valence-corrected chi connectivity index (χ2v) is 6.60. The number of nitrogens with zero attached hydrogens (tertiary/aromatic N) is 1. The maximum absolute atomic E-state index is 12.2. The molecule has 2 N–H and O–H groups in total. The molecular formula is C16H22ClN3O. The first-order chi connectivity index (χ1) is 10.1. The molecule has 2 heterocycles. The summed E-state index contributed by atoms with van der Waals surface area (Å²) >= 11 is 5.93. The van der Waals surface area contributed by atoms with Crippen molar-refractivity contribution in [1.82, 2.24) is 10.2 Å². The zero-order valence-corrected chi connectivity index (χ0v) is 13.1. The first kappa shape index (κ1) is 14.8. The lowest BCUT2D eigenvalue weighted by atomic mass is 9.94. The number of piperidine rings is 1. The van der Waals surface area contributed by atoms with Crippen LogP contribution in [0.4, 0.5) is 5.69 Å². The summed E-state index contributed by atoms with van der Waals surface area (Å²) in [5.41, 5.74) is 1.84. The zero-order valence-electron chi connectivity index (χ0n) is 12.4. The highest BCUT2D eigenvalue weighted by Gasteiger charge is 2.34. The molecule has 0 saturated carbocycles. The van der Waals surface area contributed by atoms with Crippen molar-refractivity contribution < 1.29 is 4.79 Å². The molecule has 0 aromatic heterocycles. The SMILES string of the molecule is Cc1cc(Cl)ccc1NC(=O)CN1CC2CCCNC2C1. The predicted octanol–water partition coefficient (Wildman–Crippen LogP) is 2.27. The summed E-state index contributed by atoms with van der Waals surface area (Å²) in [5, 5.41) is 7.24. The van der Waals surface area contributed by atoms with Crippen LogP contribution in [0, 0.1) is 12.8 Å². The Morgan fingerprint density at radius 1 is 1.48 bits per heavy atom. The number of hydrogen-bond donors (Lipinski definition) is 2. The summed E-state index contributed by atoms with van der Waals surface area (Å²) < 4.78 is 0. The second kappa shape index (κ2) is 6.34. The van der Waals surface area contributed by atoms with E-state index in [1.165, 1.54) is 12.8 Å². The number of nitrogens with one attached hydrogen (secondary N) is 2. The molecule has 2 saturated heterocycles. The number of aryl methyl sites for hydroxylation is 1. The van der Waals surface area contributed by atoms with Gasteiger partial charge in [0.25, 0.3) is 0 Å². The number of halogens is 1. The summed E-state index contributed by atoms with van der Waals surface area (Å²) in [5.74, 6) is 0.767. The fourth-order valence-electron chi connectivity index (χ4n) is 3.43. The topological polar surface area (TPSA) is 44.4 Å². The van der Waals surface area contributed by atoms with E-state index in [9.17, 15) is 4.79 Å². The third-order valence-corrected chi connectivity index (χ3v) is 4.74. The molecule has 0 bridgehead atoms. The first-order valence-electron chi connectivity index (χ1n) is 7.63. The summed E-state index contributed by atoms with van der Waals surface area (Å²) in [6, 6.07) is 6.11. The molecule has 2 unspecified atom stereocenters. The van der Waals surface area contributed by atoms with Crippen LogP contribution in [0.3, 0.4) is 0 Å². The molecule has 0 spiro atoms. The lowest BCUT2D eigenvalue weighted by molar-refractivity contribution is -0.117. The molecule has 0 aliphatic carbocycles. The average molecular weight is 308 g/mol. The number of rotatable bonds is 3. The monoisotopic (exact) mass is 307 g/mol. The summed E-state index contributed by atoms with van der Waals surface area (Å²) in [6.07, 6.45) is 2.54. The van der Waals surface area contributed by atoms with Gasteiger partial charge in [0, 0.05) is 29.8 Å². The number of anilines is 1. The molecule has 5 heteroatoms. The minimum atomic E-state index is 0.0547. The molecule has 2 aliphatic rings. The number of amides is 1. The van der Waals surface area contributed by atoms with Gasteiger partial charge in [-0.05, 0) is 56.0 Å². The van der Waals surface area contributed by atoms with Gasteiger partial charge in [-0.2, -0.15) is 0 Å². The minimum Gasteiger partial charge on any atom is -0.325 e. The van der Waals surface area contributed by atoms with Crippen molar-refractivity contribution >= 4 is 23.2 Å². The molecule has 3 rings (SSSR count). The number of fused-ring (bicyclic) bond motifs is 1. The maximum Gasteiger partial charge on any atom is 0.238 e. The van der Waals surface area contributed by atoms with Crippen molar-refractivity contribution in [2.24, 2.45) is 5.92 Å². The van der Waals surface area contributed by atoms with Crippen LogP contribution in [0.25, 0.3) is 0 Å². The van der Waals surface area contributed by atoms with E-state index in [1.807, 2.05) is 19.1 Å². The van der Waals surface area contributed by atoms with Crippen LogP contribution in [0.15, 0.2) is 18.2 Å². The van der Waals surface area contributed by atoms with Crippen molar-refractivity contribution in [3.8, 4) is 0 Å². The highest BCUT2D eigenvalue weighted by molar-refractivity contribution is 6.30. The Balaban J connectivity index is 1.55. The summed E-state index contributed by atoms with van der Waals surface area (Å²) in [4.78, 5) is 14.5. The van der Waals surface area contributed by atoms with Crippen molar-refractivity contribution in [3.63, 3.8) is 0 Å². The molecule has 2 fully saturated rings. The van der Waals surface area contributed by atoms with Gasteiger partial charge in [0.2, 0.25) is 5.91 Å². The number of likely N-dealkylation sites (tertiary alicyclic amines) is 1. The van der Waals surface area contributed by atoms with Crippen LogP contribution < -0.4 is 10.6 Å². The maximum atomic E-state index is 12.2. The second-order valence-electron chi connectivity index (χ2n) is 6.16. The van der Waals surface area contributed by atoms with Crippen molar-refractivity contribution in [2.45, 2.75) is 25.8 Å². The minimum absolute atomic E-state index is 0.0547. The third kappa shape index (κ3) is 3.57. The van der Waals surface area contributed by atoms with Gasteiger partial charge in [0.1, 0.15) is 0 Å². The van der Waals surface area contributed by atoms with Crippen LogP contribution in [0.5, 0.6) is 0 Å². The van der Waals surface area contributed by atoms with Gasteiger partial charge in [-0.1, -0.05) is 11.6 Å². The Labute approximate surface area is 130 Å². The van der Waals surface area contributed by atoms with Crippen LogP contribution in [-0.2, 0) is 4.79 Å². The molecule has 21 heavy (non-hydrogen) atoms. The summed E-state index contributed by atoms with van der Waals surface area (Å²) in [7, 11) is 0. The van der Waals surface area contributed by atoms with Crippen LogP contribution in [0.1, 0.15) is 18.4 Å². The van der Waals surface area contributed by atoms with Crippen LogP contribution in [0.2, 0.25) is 5.02 Å². The van der Waals surface area contributed by atoms with Crippen molar-refractivity contribution in [3.05, 3.63) is 28.8 Å². The van der Waals surface area contributed by atoms with E-state index in [0.29, 0.717) is 23.5 Å². The molecule has 4 nitrogen and oxygen atoms in total. The van der Waals surface area contributed by atoms with Crippen molar-refractivity contribution in [2.75, 3.05) is 31.5 Å². The molecule has 114 valence electrons. The molecular weight excluding hydrogens is 286 g/mol. The lowest BCUT2D eigenvalue weighted by Gasteiger charge is -2.24. The number of benzene rings is 1. The smallest absolute Gasteiger partial charge is 0.238 e. The largest absolute Gasteiger partial charge is 0.325 e. The van der Waals surface area contributed by atoms with E-state index in [-0.39, 0.29) is 5.91 Å². The molecule has 0 radical (unpaired) electrons. The highest BCUT2D eigenvalue weighted by Crippen LogP contribution is 2.25. The molecule has 1 amide bonds. The first-order valence-corrected chi connectivity index (χ1v) is 8.01. The molecule has 2 atom stereocenters. The van der Waals surface area contributed by atoms with Crippen molar-refractivity contribution in [1.29, 1.82) is 0 Å². The van der Waals surface area contributed by atoms with E-state index in [2.05, 4.69) is 15.5 Å². The Bertz CT molecular complexity index is 520. The highest BCUT2D eigenvalue weighted by atomic mass is 35.5. The number of carbonyl (C=O) groups excluding carboxylic acids is 1. The Hall–Kier alpha value is -1.10. The van der Waals surface area contributed by atoms with Gasteiger partial charge in [0.05, 0.1) is 6.54 Å². The summed E-state index contributed by atoms with van der Waals surface area (Å²) in [6.45, 7) is 5.56. The molecule has 1 aromatic carbocycles. The van der Waals surface area contributed by atoms with Gasteiger partial charge >= 0.3 is 0 Å². The average Bonchev–Trinajstić information content (AvgIpc) is 2.84. The fourth-order valence-corrected chi connectivity index (χ4v) is 3.65. The van der Waals surface area contributed by atoms with Crippen LogP contribution in [-0.4, -0.2) is 43.0 Å². The number of carbonyl (C=O) groups is 1. The van der Waals surface area contributed by atoms with Gasteiger partial charge in [0.15, 0.2) is 0 Å². The van der Waals surface area contributed by atoms with Crippen LogP contribution >= 0.6 is 11.6 Å². The Kier molecular flexibility index (Phi) is 4.48. The quantitative estimate of drug-likeness (QED) is 0.900. The zero-order chi connectivity index (χ0) is 14.8. The van der Waals surface area contributed by atoms with E-state index in [0.717, 1.165) is 30.9 Å². The molecule has 2 aliphatic heterocycles. The van der Waals surface area contributed by atoms with E-state index < -0.39 is 0 Å². The fraction of sp³-hybridized carbons (Fsp3) is 0.562. The Morgan fingerprint density at radius 2 is 2.33 bits per heavy atom. The van der Waals surface area contributed by atoms with Gasteiger partial charge in [-0.3, -0.25) is 9.69 Å². The predicted molar refractivity (Wildman–Crippen MR) is 85.8 cm³/mol. The Morgan fingerprint density at radius 3 is 3.10 bits per heavy atom. The molecule has 1 aromatic rings.